The van der Waals surface area contributed by atoms with Crippen LogP contribution in [0.3, 0.4) is 0 Å². The van der Waals surface area contributed by atoms with E-state index in [-0.39, 0.29) is 0 Å². The first-order chi connectivity index (χ1) is 9.65. The molecule has 116 valence electrons. The summed E-state index contributed by atoms with van der Waals surface area (Å²) in [6.45, 7) is 10.2. The van der Waals surface area contributed by atoms with Crippen molar-refractivity contribution < 1.29 is 4.79 Å². The second-order valence-corrected chi connectivity index (χ2v) is 6.75. The molecule has 2 rings (SSSR count). The standard InChI is InChI=1S/C16H31N3O/c1-14(2)17-11-15-7-6-8-18(12-15)13-16(20)19-9-4-3-5-10-19/h14-15,17H,3-13H2,1-2H3. The maximum atomic E-state index is 12.3. The Hall–Kier alpha value is -0.610. The molecule has 0 aromatic carbocycles. The van der Waals surface area contributed by atoms with Crippen LogP contribution in [0.1, 0.15) is 46.0 Å². The van der Waals surface area contributed by atoms with Crippen molar-refractivity contribution in [1.82, 2.24) is 15.1 Å². The minimum Gasteiger partial charge on any atom is -0.342 e. The summed E-state index contributed by atoms with van der Waals surface area (Å²) in [5.41, 5.74) is 0. The molecule has 2 aliphatic heterocycles. The Kier molecular flexibility index (Phi) is 6.30. The van der Waals surface area contributed by atoms with Crippen molar-refractivity contribution in [2.75, 3.05) is 39.3 Å². The van der Waals surface area contributed by atoms with E-state index in [4.69, 9.17) is 0 Å². The molecule has 0 aromatic rings. The lowest BCUT2D eigenvalue weighted by atomic mass is 9.97. The van der Waals surface area contributed by atoms with E-state index in [2.05, 4.69) is 29.0 Å². The van der Waals surface area contributed by atoms with E-state index in [1.807, 2.05) is 0 Å². The number of nitrogens with zero attached hydrogens (tertiary/aromatic N) is 2. The summed E-state index contributed by atoms with van der Waals surface area (Å²) < 4.78 is 0. The van der Waals surface area contributed by atoms with Gasteiger partial charge in [-0.2, -0.15) is 0 Å². The average molecular weight is 281 g/mol. The molecule has 1 amide bonds. The first-order valence-corrected chi connectivity index (χ1v) is 8.38. The Morgan fingerprint density at radius 2 is 1.90 bits per heavy atom. The Morgan fingerprint density at radius 3 is 2.60 bits per heavy atom. The number of carbonyl (C=O) groups excluding carboxylic acids is 1. The SMILES string of the molecule is CC(C)NCC1CCCN(CC(=O)N2CCCCC2)C1. The van der Waals surface area contributed by atoms with Crippen LogP contribution in [0.25, 0.3) is 0 Å². The lowest BCUT2D eigenvalue weighted by Crippen LogP contribution is -2.47. The number of amides is 1. The highest BCUT2D eigenvalue weighted by atomic mass is 16.2. The zero-order valence-corrected chi connectivity index (χ0v) is 13.2. The topological polar surface area (TPSA) is 35.6 Å². The highest BCUT2D eigenvalue weighted by molar-refractivity contribution is 5.78. The first-order valence-electron chi connectivity index (χ1n) is 8.38. The summed E-state index contributed by atoms with van der Waals surface area (Å²) in [6.07, 6.45) is 6.20. The third-order valence-electron chi connectivity index (χ3n) is 4.49. The van der Waals surface area contributed by atoms with E-state index < -0.39 is 0 Å². The number of hydrogen-bond acceptors (Lipinski definition) is 3. The van der Waals surface area contributed by atoms with Gasteiger partial charge in [-0.05, 0) is 51.1 Å². The van der Waals surface area contributed by atoms with E-state index in [1.54, 1.807) is 0 Å². The molecular weight excluding hydrogens is 250 g/mol. The van der Waals surface area contributed by atoms with E-state index in [1.165, 1.54) is 32.1 Å². The molecule has 4 nitrogen and oxygen atoms in total. The summed E-state index contributed by atoms with van der Waals surface area (Å²) in [7, 11) is 0. The molecule has 1 unspecified atom stereocenters. The van der Waals surface area contributed by atoms with Gasteiger partial charge in [0.25, 0.3) is 0 Å². The van der Waals surface area contributed by atoms with Gasteiger partial charge in [0.2, 0.25) is 5.91 Å². The maximum absolute atomic E-state index is 12.3. The van der Waals surface area contributed by atoms with Crippen LogP contribution in [0.4, 0.5) is 0 Å². The quantitative estimate of drug-likeness (QED) is 0.833. The summed E-state index contributed by atoms with van der Waals surface area (Å²) >= 11 is 0. The number of likely N-dealkylation sites (tertiary alicyclic amines) is 2. The lowest BCUT2D eigenvalue weighted by molar-refractivity contribution is -0.133. The highest BCUT2D eigenvalue weighted by Gasteiger charge is 2.24. The Balaban J connectivity index is 1.72. The van der Waals surface area contributed by atoms with Gasteiger partial charge in [-0.1, -0.05) is 13.8 Å². The lowest BCUT2D eigenvalue weighted by Gasteiger charge is -2.35. The van der Waals surface area contributed by atoms with Crippen LogP contribution in [-0.2, 0) is 4.79 Å². The van der Waals surface area contributed by atoms with Crippen LogP contribution in [0.2, 0.25) is 0 Å². The molecule has 2 saturated heterocycles. The minimum absolute atomic E-state index is 0.349. The Morgan fingerprint density at radius 1 is 1.15 bits per heavy atom. The predicted octanol–water partition coefficient (Wildman–Crippen LogP) is 1.71. The number of hydrogen-bond donors (Lipinski definition) is 1. The summed E-state index contributed by atoms with van der Waals surface area (Å²) in [5.74, 6) is 1.06. The van der Waals surface area contributed by atoms with Crippen LogP contribution in [0.5, 0.6) is 0 Å². The zero-order valence-electron chi connectivity index (χ0n) is 13.2. The van der Waals surface area contributed by atoms with Gasteiger partial charge < -0.3 is 10.2 Å². The predicted molar refractivity (Wildman–Crippen MR) is 82.7 cm³/mol. The molecular formula is C16H31N3O. The third-order valence-corrected chi connectivity index (χ3v) is 4.49. The van der Waals surface area contributed by atoms with Gasteiger partial charge in [0.1, 0.15) is 0 Å². The number of rotatable bonds is 5. The Bertz CT molecular complexity index is 300. The first kappa shape index (κ1) is 15.8. The number of piperidine rings is 2. The number of carbonyl (C=O) groups is 1. The number of nitrogens with one attached hydrogen (secondary N) is 1. The van der Waals surface area contributed by atoms with Crippen molar-refractivity contribution in [2.24, 2.45) is 5.92 Å². The van der Waals surface area contributed by atoms with Gasteiger partial charge in [0.05, 0.1) is 6.54 Å². The highest BCUT2D eigenvalue weighted by Crippen LogP contribution is 2.16. The fraction of sp³-hybridized carbons (Fsp3) is 0.938. The normalized spacial score (nSPS) is 25.1. The van der Waals surface area contributed by atoms with Crippen LogP contribution < -0.4 is 5.32 Å². The van der Waals surface area contributed by atoms with Crippen molar-refractivity contribution in [1.29, 1.82) is 0 Å². The molecule has 2 heterocycles. The molecule has 0 radical (unpaired) electrons. The summed E-state index contributed by atoms with van der Waals surface area (Å²) in [6, 6.07) is 0.556. The molecule has 20 heavy (non-hydrogen) atoms. The Labute approximate surface area is 123 Å². The zero-order chi connectivity index (χ0) is 14.4. The van der Waals surface area contributed by atoms with E-state index in [0.717, 1.165) is 32.7 Å². The molecule has 0 aliphatic carbocycles. The molecule has 1 atom stereocenters. The second-order valence-electron chi connectivity index (χ2n) is 6.75. The van der Waals surface area contributed by atoms with Gasteiger partial charge in [-0.3, -0.25) is 9.69 Å². The molecule has 0 bridgehead atoms. The summed E-state index contributed by atoms with van der Waals surface area (Å²) in [5, 5.41) is 3.53. The van der Waals surface area contributed by atoms with Crippen LogP contribution >= 0.6 is 0 Å². The fourth-order valence-electron chi connectivity index (χ4n) is 3.30. The van der Waals surface area contributed by atoms with Crippen molar-refractivity contribution >= 4 is 5.91 Å². The molecule has 2 fully saturated rings. The van der Waals surface area contributed by atoms with Gasteiger partial charge in [0.15, 0.2) is 0 Å². The largest absolute Gasteiger partial charge is 0.342 e. The minimum atomic E-state index is 0.349. The van der Waals surface area contributed by atoms with Gasteiger partial charge in [-0.15, -0.1) is 0 Å². The van der Waals surface area contributed by atoms with Crippen LogP contribution in [0.15, 0.2) is 0 Å². The molecule has 0 saturated carbocycles. The van der Waals surface area contributed by atoms with Crippen molar-refractivity contribution in [3.05, 3.63) is 0 Å². The second kappa shape index (κ2) is 7.99. The summed E-state index contributed by atoms with van der Waals surface area (Å²) in [4.78, 5) is 16.7. The van der Waals surface area contributed by atoms with Crippen LogP contribution in [-0.4, -0.2) is 61.0 Å². The molecule has 0 aromatic heterocycles. The van der Waals surface area contributed by atoms with Crippen molar-refractivity contribution in [3.63, 3.8) is 0 Å². The maximum Gasteiger partial charge on any atom is 0.236 e. The monoisotopic (exact) mass is 281 g/mol. The third kappa shape index (κ3) is 5.06. The van der Waals surface area contributed by atoms with Gasteiger partial charge >= 0.3 is 0 Å². The van der Waals surface area contributed by atoms with Crippen molar-refractivity contribution in [3.8, 4) is 0 Å². The fourth-order valence-corrected chi connectivity index (χ4v) is 3.30. The smallest absolute Gasteiger partial charge is 0.236 e. The van der Waals surface area contributed by atoms with Crippen LogP contribution in [0, 0.1) is 5.92 Å². The average Bonchev–Trinajstić information content (AvgIpc) is 2.46. The molecule has 4 heteroatoms. The van der Waals surface area contributed by atoms with Gasteiger partial charge in [-0.25, -0.2) is 0 Å². The molecule has 0 spiro atoms. The van der Waals surface area contributed by atoms with Gasteiger partial charge in [0, 0.05) is 25.7 Å². The van der Waals surface area contributed by atoms with E-state index in [9.17, 15) is 4.79 Å². The van der Waals surface area contributed by atoms with E-state index in [0.29, 0.717) is 24.4 Å². The molecule has 2 aliphatic rings. The molecule has 1 N–H and O–H groups in total. The van der Waals surface area contributed by atoms with E-state index >= 15 is 0 Å². The van der Waals surface area contributed by atoms with Crippen molar-refractivity contribution in [2.45, 2.75) is 52.0 Å².